The number of nitrogens with zero attached hydrogens (tertiary/aromatic N) is 3. The molecule has 6 aliphatic rings. The summed E-state index contributed by atoms with van der Waals surface area (Å²) in [6.07, 6.45) is 9.46. The Kier molecular flexibility index (Phi) is 10.8. The second kappa shape index (κ2) is 17.0. The third-order valence-corrected chi connectivity index (χ3v) is 23.3. The predicted molar refractivity (Wildman–Crippen MR) is 351 cm³/mol. The Labute approximate surface area is 487 Å². The van der Waals surface area contributed by atoms with Gasteiger partial charge < -0.3 is 14.7 Å². The standard InChI is InChI=1S/C76H80BN3S/c1-70(2,3)48-29-33-60(53(41-48)47-23-15-14-16-24-47)79-62-34-31-52-51-25-17-20-28-66(51)81-69(52)68(62)77-59-45-57-58(74(10,11)40-39-73(57,8)9)46-63(59)78(49-30-32-54-56(42-49)72(6,7)38-37-71(54,4)5)64-43-50(44-65(79)67(64)77)80-61-27-19-18-26-55(61)75(12)35-21-22-36-76(75,80)13/h14-20,23-34,41-46H,21-22,35-40H2,1-13H3. The molecule has 1 saturated carbocycles. The summed E-state index contributed by atoms with van der Waals surface area (Å²) in [7, 11) is 0. The highest BCUT2D eigenvalue weighted by atomic mass is 32.1. The van der Waals surface area contributed by atoms with Gasteiger partial charge in [0.25, 0.3) is 6.71 Å². The molecule has 3 nitrogen and oxygen atoms in total. The number of fused-ring (bicyclic) bond motifs is 13. The molecular weight excluding hydrogens is 998 g/mol. The van der Waals surface area contributed by atoms with Gasteiger partial charge in [0.1, 0.15) is 0 Å². The molecule has 9 aromatic rings. The Morgan fingerprint density at radius 1 is 0.432 bits per heavy atom. The van der Waals surface area contributed by atoms with Gasteiger partial charge in [-0.2, -0.15) is 0 Å². The van der Waals surface area contributed by atoms with Crippen molar-refractivity contribution in [3.63, 3.8) is 0 Å². The number of anilines is 8. The molecule has 81 heavy (non-hydrogen) atoms. The summed E-state index contributed by atoms with van der Waals surface area (Å²) in [5.74, 6) is 0. The molecule has 0 bridgehead atoms. The molecule has 1 fully saturated rings. The van der Waals surface area contributed by atoms with E-state index in [1.165, 1.54) is 152 Å². The molecule has 0 saturated heterocycles. The number of benzene rings is 8. The Hall–Kier alpha value is -6.56. The van der Waals surface area contributed by atoms with Crippen molar-refractivity contribution in [2.75, 3.05) is 14.7 Å². The van der Waals surface area contributed by atoms with Crippen LogP contribution < -0.4 is 31.1 Å². The van der Waals surface area contributed by atoms with Gasteiger partial charge in [-0.1, -0.05) is 187 Å². The fraction of sp³-hybridized carbons (Fsp3) is 0.368. The van der Waals surface area contributed by atoms with Crippen molar-refractivity contribution in [3.8, 4) is 11.1 Å². The fourth-order valence-corrected chi connectivity index (χ4v) is 18.1. The third kappa shape index (κ3) is 7.18. The number of para-hydroxylation sites is 1. The van der Waals surface area contributed by atoms with Gasteiger partial charge in [0, 0.05) is 65.6 Å². The smallest absolute Gasteiger partial charge is 0.254 e. The minimum Gasteiger partial charge on any atom is -0.334 e. The van der Waals surface area contributed by atoms with Crippen LogP contribution in [0.25, 0.3) is 31.3 Å². The van der Waals surface area contributed by atoms with Gasteiger partial charge in [-0.25, -0.2) is 0 Å². The quantitative estimate of drug-likeness (QED) is 0.163. The van der Waals surface area contributed by atoms with E-state index < -0.39 is 0 Å². The molecule has 2 atom stereocenters. The molecule has 408 valence electrons. The van der Waals surface area contributed by atoms with Gasteiger partial charge in [0.2, 0.25) is 0 Å². The monoisotopic (exact) mass is 1080 g/mol. The van der Waals surface area contributed by atoms with E-state index in [2.05, 4.69) is 256 Å². The summed E-state index contributed by atoms with van der Waals surface area (Å²) in [5.41, 5.74) is 25.8. The second-order valence-electron chi connectivity index (χ2n) is 29.7. The Morgan fingerprint density at radius 3 is 1.78 bits per heavy atom. The molecule has 4 heterocycles. The topological polar surface area (TPSA) is 9.72 Å². The normalized spacial score (nSPS) is 22.4. The maximum atomic E-state index is 2.85. The van der Waals surface area contributed by atoms with Crippen molar-refractivity contribution in [2.24, 2.45) is 0 Å². The SMILES string of the molecule is CC(C)(C)c1ccc(N2c3cc(N4c5ccccc5C5(C)CCCCC45C)cc4c3B(c3cc5c(cc3N4c3ccc4c(c3)C(C)(C)CCC4(C)C)C(C)(C)CCC5(C)C)c3c2ccc2c3sc3ccccc32)c(-c2ccccc2)c1. The molecule has 0 spiro atoms. The first-order valence-electron chi connectivity index (χ1n) is 30.7. The summed E-state index contributed by atoms with van der Waals surface area (Å²) in [6, 6.07) is 60.9. The summed E-state index contributed by atoms with van der Waals surface area (Å²) >= 11 is 2.00. The molecule has 0 N–H and O–H groups in total. The molecule has 3 aliphatic heterocycles. The van der Waals surface area contributed by atoms with E-state index in [9.17, 15) is 0 Å². The van der Waals surface area contributed by atoms with Gasteiger partial charge >= 0.3 is 0 Å². The molecule has 0 radical (unpaired) electrons. The van der Waals surface area contributed by atoms with Crippen LogP contribution in [0.15, 0.2) is 152 Å². The van der Waals surface area contributed by atoms with Crippen molar-refractivity contribution in [1.82, 2.24) is 0 Å². The van der Waals surface area contributed by atoms with Crippen molar-refractivity contribution in [1.29, 1.82) is 0 Å². The van der Waals surface area contributed by atoms with Crippen molar-refractivity contribution in [2.45, 2.75) is 179 Å². The summed E-state index contributed by atoms with van der Waals surface area (Å²) in [6.45, 7) is 32.3. The Bertz CT molecular complexity index is 4130. The minimum atomic E-state index is -0.146. The molecule has 0 amide bonds. The van der Waals surface area contributed by atoms with Crippen LogP contribution in [-0.4, -0.2) is 12.3 Å². The maximum absolute atomic E-state index is 2.85. The molecule has 15 rings (SSSR count). The molecule has 1 aromatic heterocycles. The lowest BCUT2D eigenvalue weighted by Gasteiger charge is -2.51. The van der Waals surface area contributed by atoms with E-state index in [0.717, 1.165) is 25.7 Å². The zero-order valence-corrected chi connectivity index (χ0v) is 51.2. The van der Waals surface area contributed by atoms with Crippen LogP contribution in [0.5, 0.6) is 0 Å². The first-order chi connectivity index (χ1) is 38.5. The van der Waals surface area contributed by atoms with Crippen LogP contribution >= 0.6 is 11.3 Å². The lowest BCUT2D eigenvalue weighted by atomic mass is 9.33. The number of thiophene rings is 1. The van der Waals surface area contributed by atoms with E-state index in [1.54, 1.807) is 0 Å². The van der Waals surface area contributed by atoms with E-state index in [4.69, 9.17) is 0 Å². The maximum Gasteiger partial charge on any atom is 0.254 e. The van der Waals surface area contributed by atoms with Crippen LogP contribution in [0.2, 0.25) is 0 Å². The molecule has 5 heteroatoms. The summed E-state index contributed by atoms with van der Waals surface area (Å²) in [5, 5.41) is 2.69. The van der Waals surface area contributed by atoms with Gasteiger partial charge in [0.05, 0.1) is 11.2 Å². The second-order valence-corrected chi connectivity index (χ2v) is 30.8. The minimum absolute atomic E-state index is 0.00701. The average molecular weight is 1080 g/mol. The zero-order valence-electron chi connectivity index (χ0n) is 50.4. The summed E-state index contributed by atoms with van der Waals surface area (Å²) < 4.78 is 2.74. The lowest BCUT2D eigenvalue weighted by Crippen LogP contribution is -2.62. The molecule has 8 aromatic carbocycles. The van der Waals surface area contributed by atoms with Crippen LogP contribution in [-0.2, 0) is 32.5 Å². The van der Waals surface area contributed by atoms with Gasteiger partial charge in [-0.15, -0.1) is 11.3 Å². The highest BCUT2D eigenvalue weighted by Crippen LogP contribution is 2.63. The van der Waals surface area contributed by atoms with Crippen molar-refractivity contribution >= 4 is 100 Å². The van der Waals surface area contributed by atoms with Crippen LogP contribution in [0.4, 0.5) is 45.5 Å². The van der Waals surface area contributed by atoms with E-state index in [1.807, 2.05) is 11.3 Å². The third-order valence-electron chi connectivity index (χ3n) is 22.1. The Morgan fingerprint density at radius 2 is 1.05 bits per heavy atom. The van der Waals surface area contributed by atoms with E-state index in [-0.39, 0.29) is 44.7 Å². The van der Waals surface area contributed by atoms with E-state index in [0.29, 0.717) is 0 Å². The van der Waals surface area contributed by atoms with Gasteiger partial charge in [0.15, 0.2) is 0 Å². The zero-order chi connectivity index (χ0) is 56.1. The highest BCUT2D eigenvalue weighted by molar-refractivity contribution is 7.28. The predicted octanol–water partition coefficient (Wildman–Crippen LogP) is 19.5. The van der Waals surface area contributed by atoms with Crippen LogP contribution in [0, 0.1) is 0 Å². The highest BCUT2D eigenvalue weighted by Gasteiger charge is 2.58. The number of hydrogen-bond donors (Lipinski definition) is 0. The van der Waals surface area contributed by atoms with Crippen molar-refractivity contribution in [3.05, 3.63) is 185 Å². The number of rotatable bonds is 4. The molecule has 2 unspecified atom stereocenters. The lowest BCUT2D eigenvalue weighted by molar-refractivity contribution is 0.195. The van der Waals surface area contributed by atoms with Gasteiger partial charge in [-0.05, 0) is 194 Å². The van der Waals surface area contributed by atoms with E-state index >= 15 is 0 Å². The summed E-state index contributed by atoms with van der Waals surface area (Å²) in [4.78, 5) is 8.40. The Balaban J connectivity index is 1.13. The average Bonchev–Trinajstić information content (AvgIpc) is 3.05. The largest absolute Gasteiger partial charge is 0.334 e. The molecular formula is C76H80BN3S. The van der Waals surface area contributed by atoms with Crippen molar-refractivity contribution < 1.29 is 0 Å². The first kappa shape index (κ1) is 51.3. The van der Waals surface area contributed by atoms with Crippen LogP contribution in [0.3, 0.4) is 0 Å². The fourth-order valence-electron chi connectivity index (χ4n) is 16.8. The number of hydrogen-bond acceptors (Lipinski definition) is 4. The first-order valence-corrected chi connectivity index (χ1v) is 31.5. The van der Waals surface area contributed by atoms with Gasteiger partial charge in [-0.3, -0.25) is 0 Å². The van der Waals surface area contributed by atoms with Crippen LogP contribution in [0.1, 0.15) is 175 Å². The molecule has 3 aliphatic carbocycles.